The first-order valence-corrected chi connectivity index (χ1v) is 7.17. The van der Waals surface area contributed by atoms with Crippen molar-refractivity contribution < 1.29 is 59.6 Å². The maximum Gasteiger partial charge on any atom is 0.460 e. The number of alkyl halides is 7. The summed E-state index contributed by atoms with van der Waals surface area (Å²) in [6.45, 7) is -2.71. The minimum absolute atomic E-state index is 1.43. The summed E-state index contributed by atoms with van der Waals surface area (Å²) in [6.07, 6.45) is -12.6. The van der Waals surface area contributed by atoms with Crippen molar-refractivity contribution in [1.29, 1.82) is 5.26 Å². The zero-order chi connectivity index (χ0) is 20.6. The SMILES string of the molecule is N#CC1C2OC3C(OC(=O)C13C(=O)OCC(F)(F)C(F)(F)C(F)(F)F)C2O. The number of halogens is 7. The smallest absolute Gasteiger partial charge is 0.458 e. The molecule has 1 N–H and O–H groups in total. The quantitative estimate of drug-likeness (QED) is 0.412. The van der Waals surface area contributed by atoms with Gasteiger partial charge in [-0.3, -0.25) is 9.59 Å². The zero-order valence-electron chi connectivity index (χ0n) is 12.7. The van der Waals surface area contributed by atoms with Crippen molar-refractivity contribution in [2.75, 3.05) is 6.61 Å². The number of aliphatic hydroxyl groups excluding tert-OH is 1. The predicted molar refractivity (Wildman–Crippen MR) is 63.0 cm³/mol. The second kappa shape index (κ2) is 5.44. The molecule has 3 rings (SSSR count). The molecule has 3 aliphatic heterocycles. The molecule has 0 spiro atoms. The van der Waals surface area contributed by atoms with Gasteiger partial charge in [0.2, 0.25) is 5.41 Å². The Bertz CT molecular complexity index is 734. The van der Waals surface area contributed by atoms with Gasteiger partial charge in [-0.1, -0.05) is 0 Å². The van der Waals surface area contributed by atoms with Crippen LogP contribution in [0, 0.1) is 22.7 Å². The van der Waals surface area contributed by atoms with Gasteiger partial charge in [-0.25, -0.2) is 0 Å². The summed E-state index contributed by atoms with van der Waals surface area (Å²) in [7, 11) is 0. The summed E-state index contributed by atoms with van der Waals surface area (Å²) in [5.41, 5.74) is -2.66. The number of hydrogen-bond acceptors (Lipinski definition) is 7. The Balaban J connectivity index is 1.85. The van der Waals surface area contributed by atoms with Crippen LogP contribution in [-0.2, 0) is 23.8 Å². The van der Waals surface area contributed by atoms with Crippen LogP contribution in [0.25, 0.3) is 0 Å². The number of nitrogens with zero attached hydrogens (tertiary/aromatic N) is 1. The molecule has 0 radical (unpaired) electrons. The molecule has 0 aromatic heterocycles. The minimum Gasteiger partial charge on any atom is -0.458 e. The molecule has 0 saturated carbocycles. The molecule has 6 atom stereocenters. The number of rotatable bonds is 4. The molecule has 3 saturated heterocycles. The maximum atomic E-state index is 13.3. The number of aliphatic hydroxyl groups is 1. The number of carbonyl (C=O) groups is 2. The van der Waals surface area contributed by atoms with Crippen molar-refractivity contribution in [1.82, 2.24) is 0 Å². The summed E-state index contributed by atoms with van der Waals surface area (Å²) < 4.78 is 102. The Kier molecular flexibility index (Phi) is 3.95. The molecular weight excluding hydrogens is 399 g/mol. The first kappa shape index (κ1) is 19.6. The molecule has 0 aromatic carbocycles. The molecule has 3 heterocycles. The predicted octanol–water partition coefficient (Wildman–Crippen LogP) is 0.556. The number of nitriles is 1. The summed E-state index contributed by atoms with van der Waals surface area (Å²) in [6, 6.07) is 1.45. The lowest BCUT2D eigenvalue weighted by Crippen LogP contribution is -2.57. The highest BCUT2D eigenvalue weighted by Gasteiger charge is 2.82. The van der Waals surface area contributed by atoms with Crippen LogP contribution in [0.5, 0.6) is 0 Å². The lowest BCUT2D eigenvalue weighted by atomic mass is 9.67. The van der Waals surface area contributed by atoms with Gasteiger partial charge in [0.25, 0.3) is 0 Å². The fourth-order valence-corrected chi connectivity index (χ4v) is 3.44. The van der Waals surface area contributed by atoms with E-state index in [4.69, 9.17) is 10.00 Å². The van der Waals surface area contributed by atoms with Gasteiger partial charge in [-0.2, -0.15) is 36.0 Å². The number of hydrogen-bond donors (Lipinski definition) is 1. The molecule has 0 amide bonds. The van der Waals surface area contributed by atoms with Crippen molar-refractivity contribution >= 4 is 11.9 Å². The van der Waals surface area contributed by atoms with Gasteiger partial charge >= 0.3 is 30.0 Å². The first-order valence-electron chi connectivity index (χ1n) is 7.17. The van der Waals surface area contributed by atoms with Crippen molar-refractivity contribution in [3.63, 3.8) is 0 Å². The van der Waals surface area contributed by atoms with Gasteiger partial charge < -0.3 is 19.3 Å². The van der Waals surface area contributed by atoms with E-state index in [0.29, 0.717) is 0 Å². The molecule has 2 bridgehead atoms. The molecule has 14 heteroatoms. The van der Waals surface area contributed by atoms with Crippen LogP contribution in [0.3, 0.4) is 0 Å². The third-order valence-corrected chi connectivity index (χ3v) is 4.80. The molecule has 150 valence electrons. The van der Waals surface area contributed by atoms with Crippen molar-refractivity contribution in [2.45, 2.75) is 42.4 Å². The number of carbonyl (C=O) groups excluding carboxylic acids is 2. The Morgan fingerprint density at radius 1 is 1.22 bits per heavy atom. The van der Waals surface area contributed by atoms with Crippen LogP contribution < -0.4 is 0 Å². The van der Waals surface area contributed by atoms with E-state index < -0.39 is 72.3 Å². The van der Waals surface area contributed by atoms with Crippen LogP contribution in [-0.4, -0.2) is 66.1 Å². The van der Waals surface area contributed by atoms with Crippen molar-refractivity contribution in [2.24, 2.45) is 11.3 Å². The van der Waals surface area contributed by atoms with Gasteiger partial charge in [-0.05, 0) is 0 Å². The topological polar surface area (TPSA) is 106 Å². The largest absolute Gasteiger partial charge is 0.460 e. The van der Waals surface area contributed by atoms with E-state index in [1.165, 1.54) is 6.07 Å². The maximum absolute atomic E-state index is 13.3. The molecule has 6 unspecified atom stereocenters. The molecule has 0 aliphatic carbocycles. The number of fused-ring (bicyclic) bond motifs is 1. The Hall–Kier alpha value is -2.14. The Labute approximate surface area is 144 Å². The average molecular weight is 407 g/mol. The standard InChI is InChI=1S/C13H8F7NO6/c14-10(15,12(16,17)13(18,19)20)2-25-8(23)11-3(1-21)5-4(22)6(7(11)26-5)27-9(11)24/h3-7,22H,2H2. The lowest BCUT2D eigenvalue weighted by molar-refractivity contribution is -0.360. The van der Waals surface area contributed by atoms with Gasteiger partial charge in [0.15, 0.2) is 12.7 Å². The summed E-state index contributed by atoms with van der Waals surface area (Å²) in [5, 5.41) is 19.0. The van der Waals surface area contributed by atoms with Gasteiger partial charge in [0, 0.05) is 0 Å². The van der Waals surface area contributed by atoms with E-state index in [9.17, 15) is 45.4 Å². The zero-order valence-corrected chi connectivity index (χ0v) is 12.7. The summed E-state index contributed by atoms with van der Waals surface area (Å²) in [4.78, 5) is 24.3. The Morgan fingerprint density at radius 2 is 1.81 bits per heavy atom. The highest BCUT2D eigenvalue weighted by Crippen LogP contribution is 2.58. The van der Waals surface area contributed by atoms with Crippen LogP contribution >= 0.6 is 0 Å². The molecule has 3 aliphatic rings. The van der Waals surface area contributed by atoms with Crippen LogP contribution in [0.15, 0.2) is 0 Å². The van der Waals surface area contributed by atoms with Crippen LogP contribution in [0.2, 0.25) is 0 Å². The third kappa shape index (κ3) is 2.21. The minimum atomic E-state index is -6.63. The summed E-state index contributed by atoms with van der Waals surface area (Å²) >= 11 is 0. The average Bonchev–Trinajstić information content (AvgIpc) is 3.12. The lowest BCUT2D eigenvalue weighted by Gasteiger charge is -2.31. The Morgan fingerprint density at radius 3 is 2.33 bits per heavy atom. The number of ether oxygens (including phenoxy) is 3. The van der Waals surface area contributed by atoms with E-state index in [1.807, 2.05) is 0 Å². The number of esters is 2. The van der Waals surface area contributed by atoms with Crippen molar-refractivity contribution in [3.05, 3.63) is 0 Å². The van der Waals surface area contributed by atoms with E-state index in [0.717, 1.165) is 0 Å². The molecule has 27 heavy (non-hydrogen) atoms. The normalized spacial score (nSPS) is 37.9. The highest BCUT2D eigenvalue weighted by atomic mass is 19.4. The monoisotopic (exact) mass is 407 g/mol. The van der Waals surface area contributed by atoms with E-state index in [-0.39, 0.29) is 0 Å². The first-order chi connectivity index (χ1) is 12.2. The fraction of sp³-hybridized carbons (Fsp3) is 0.769. The van der Waals surface area contributed by atoms with Crippen LogP contribution in [0.4, 0.5) is 30.7 Å². The van der Waals surface area contributed by atoms with E-state index >= 15 is 0 Å². The van der Waals surface area contributed by atoms with Gasteiger partial charge in [0.05, 0.1) is 6.07 Å². The highest BCUT2D eigenvalue weighted by molar-refractivity contribution is 6.04. The van der Waals surface area contributed by atoms with Crippen molar-refractivity contribution in [3.8, 4) is 6.07 Å². The van der Waals surface area contributed by atoms with Gasteiger partial charge in [0.1, 0.15) is 24.2 Å². The van der Waals surface area contributed by atoms with Gasteiger partial charge in [-0.15, -0.1) is 0 Å². The fourth-order valence-electron chi connectivity index (χ4n) is 3.44. The third-order valence-electron chi connectivity index (χ3n) is 4.80. The second-order valence-electron chi connectivity index (χ2n) is 6.21. The molecule has 0 aromatic rings. The van der Waals surface area contributed by atoms with E-state index in [2.05, 4.69) is 9.47 Å². The summed E-state index contributed by atoms with van der Waals surface area (Å²) in [5.74, 6) is -17.6. The molecule has 3 fully saturated rings. The second-order valence-corrected chi connectivity index (χ2v) is 6.21. The van der Waals surface area contributed by atoms with E-state index in [1.54, 1.807) is 0 Å². The van der Waals surface area contributed by atoms with Crippen LogP contribution in [0.1, 0.15) is 0 Å². The molecule has 7 nitrogen and oxygen atoms in total. The molecular formula is C13H8F7NO6.